The topological polar surface area (TPSA) is 61.5 Å². The molecule has 0 spiro atoms. The first-order valence-corrected chi connectivity index (χ1v) is 9.23. The third-order valence-corrected chi connectivity index (χ3v) is 4.68. The zero-order valence-corrected chi connectivity index (χ0v) is 15.8. The molecule has 0 amide bonds. The summed E-state index contributed by atoms with van der Waals surface area (Å²) in [5.41, 5.74) is 1.63. The standard InChI is InChI=1S/C21H26N4O2/c1-4-18(19(5-2)27-6-3)25-13-11-24(12-14-25)15-20-22-17-10-8-7-9-16(17)21(26)23-20/h4-5,7-10H,1-2,6,11-15H2,3H3,(H,22,23,26)/b19-18-. The van der Waals surface area contributed by atoms with Gasteiger partial charge in [-0.3, -0.25) is 9.69 Å². The second kappa shape index (κ2) is 8.68. The van der Waals surface area contributed by atoms with Crippen LogP contribution in [0.1, 0.15) is 12.7 Å². The SMILES string of the molecule is C=C/C(OCC)=C(\C=C)N1CCN(Cc2nc3ccccc3c(=O)[nH]2)CC1. The molecule has 0 saturated carbocycles. The lowest BCUT2D eigenvalue weighted by molar-refractivity contribution is 0.144. The van der Waals surface area contributed by atoms with Gasteiger partial charge in [0.2, 0.25) is 0 Å². The Balaban J connectivity index is 1.68. The minimum Gasteiger partial charge on any atom is -0.492 e. The first-order valence-electron chi connectivity index (χ1n) is 9.23. The summed E-state index contributed by atoms with van der Waals surface area (Å²) < 4.78 is 5.66. The molecule has 27 heavy (non-hydrogen) atoms. The van der Waals surface area contributed by atoms with Crippen LogP contribution in [-0.2, 0) is 11.3 Å². The summed E-state index contributed by atoms with van der Waals surface area (Å²) in [6.07, 6.45) is 3.56. The Kier molecular flexibility index (Phi) is 6.08. The molecule has 2 heterocycles. The number of hydrogen-bond acceptors (Lipinski definition) is 5. The molecule has 2 aromatic rings. The van der Waals surface area contributed by atoms with Gasteiger partial charge in [0.1, 0.15) is 11.6 Å². The predicted octanol–water partition coefficient (Wildman–Crippen LogP) is 2.66. The van der Waals surface area contributed by atoms with Crippen LogP contribution >= 0.6 is 0 Å². The molecule has 6 heteroatoms. The van der Waals surface area contributed by atoms with E-state index >= 15 is 0 Å². The van der Waals surface area contributed by atoms with E-state index in [1.165, 1.54) is 0 Å². The number of nitrogens with zero attached hydrogens (tertiary/aromatic N) is 3. The van der Waals surface area contributed by atoms with Crippen LogP contribution in [0.5, 0.6) is 0 Å². The Morgan fingerprint density at radius 1 is 1.22 bits per heavy atom. The van der Waals surface area contributed by atoms with E-state index in [4.69, 9.17) is 4.74 Å². The largest absolute Gasteiger partial charge is 0.492 e. The van der Waals surface area contributed by atoms with E-state index < -0.39 is 0 Å². The fraction of sp³-hybridized carbons (Fsp3) is 0.333. The number of nitrogens with one attached hydrogen (secondary N) is 1. The Morgan fingerprint density at radius 3 is 2.63 bits per heavy atom. The van der Waals surface area contributed by atoms with E-state index in [0.717, 1.165) is 43.2 Å². The molecule has 1 saturated heterocycles. The number of para-hydroxylation sites is 1. The number of benzene rings is 1. The number of aromatic amines is 1. The highest BCUT2D eigenvalue weighted by Crippen LogP contribution is 2.17. The van der Waals surface area contributed by atoms with E-state index in [1.807, 2.05) is 31.2 Å². The van der Waals surface area contributed by atoms with Crippen molar-refractivity contribution in [3.05, 3.63) is 77.2 Å². The van der Waals surface area contributed by atoms with Gasteiger partial charge in [-0.1, -0.05) is 25.3 Å². The Bertz CT molecular complexity index is 908. The van der Waals surface area contributed by atoms with Crippen LogP contribution in [0.4, 0.5) is 0 Å². The first-order chi connectivity index (χ1) is 13.2. The second-order valence-corrected chi connectivity index (χ2v) is 6.38. The second-order valence-electron chi connectivity index (χ2n) is 6.38. The number of ether oxygens (including phenoxy) is 1. The van der Waals surface area contributed by atoms with Crippen LogP contribution in [0.15, 0.2) is 65.8 Å². The molecular formula is C21H26N4O2. The summed E-state index contributed by atoms with van der Waals surface area (Å²) >= 11 is 0. The monoisotopic (exact) mass is 366 g/mol. The molecule has 1 aliphatic rings. The van der Waals surface area contributed by atoms with Gasteiger partial charge in [-0.2, -0.15) is 0 Å². The van der Waals surface area contributed by atoms with Gasteiger partial charge in [-0.15, -0.1) is 0 Å². The summed E-state index contributed by atoms with van der Waals surface area (Å²) in [5.74, 6) is 1.47. The van der Waals surface area contributed by atoms with Gasteiger partial charge in [-0.05, 0) is 31.2 Å². The van der Waals surface area contributed by atoms with E-state index in [2.05, 4.69) is 32.9 Å². The normalized spacial score (nSPS) is 16.1. The number of fused-ring (bicyclic) bond motifs is 1. The maximum atomic E-state index is 12.2. The number of aromatic nitrogens is 2. The van der Waals surface area contributed by atoms with E-state index in [-0.39, 0.29) is 5.56 Å². The highest BCUT2D eigenvalue weighted by molar-refractivity contribution is 5.77. The van der Waals surface area contributed by atoms with Crippen molar-refractivity contribution < 1.29 is 4.74 Å². The van der Waals surface area contributed by atoms with Crippen molar-refractivity contribution >= 4 is 10.9 Å². The lowest BCUT2D eigenvalue weighted by Crippen LogP contribution is -2.45. The molecule has 1 aliphatic heterocycles. The summed E-state index contributed by atoms with van der Waals surface area (Å²) in [5, 5.41) is 0.625. The van der Waals surface area contributed by atoms with Crippen molar-refractivity contribution in [1.82, 2.24) is 19.8 Å². The molecule has 0 atom stereocenters. The molecule has 1 aromatic carbocycles. The van der Waals surface area contributed by atoms with Crippen LogP contribution in [0.3, 0.4) is 0 Å². The Labute approximate surface area is 159 Å². The molecule has 0 bridgehead atoms. The Hall–Kier alpha value is -2.86. The van der Waals surface area contributed by atoms with Crippen LogP contribution in [0.2, 0.25) is 0 Å². The maximum absolute atomic E-state index is 12.2. The van der Waals surface area contributed by atoms with Crippen LogP contribution in [0, 0.1) is 0 Å². The van der Waals surface area contributed by atoms with E-state index in [0.29, 0.717) is 24.4 Å². The number of rotatable bonds is 7. The summed E-state index contributed by atoms with van der Waals surface area (Å²) in [6, 6.07) is 7.42. The highest BCUT2D eigenvalue weighted by atomic mass is 16.5. The van der Waals surface area contributed by atoms with Crippen molar-refractivity contribution in [1.29, 1.82) is 0 Å². The zero-order valence-electron chi connectivity index (χ0n) is 15.8. The van der Waals surface area contributed by atoms with Crippen molar-refractivity contribution in [2.24, 2.45) is 0 Å². The molecule has 1 fully saturated rings. The van der Waals surface area contributed by atoms with Crippen molar-refractivity contribution in [3.8, 4) is 0 Å². The number of hydrogen-bond donors (Lipinski definition) is 1. The molecule has 6 nitrogen and oxygen atoms in total. The zero-order chi connectivity index (χ0) is 19.2. The fourth-order valence-electron chi connectivity index (χ4n) is 3.35. The number of piperazine rings is 1. The van der Waals surface area contributed by atoms with Gasteiger partial charge in [-0.25, -0.2) is 4.98 Å². The minimum absolute atomic E-state index is 0.0848. The molecular weight excluding hydrogens is 340 g/mol. The van der Waals surface area contributed by atoms with Gasteiger partial charge < -0.3 is 14.6 Å². The minimum atomic E-state index is -0.0848. The molecule has 1 N–H and O–H groups in total. The summed E-state index contributed by atoms with van der Waals surface area (Å²) in [7, 11) is 0. The van der Waals surface area contributed by atoms with Crippen LogP contribution < -0.4 is 5.56 Å². The smallest absolute Gasteiger partial charge is 0.258 e. The molecule has 3 rings (SSSR count). The van der Waals surface area contributed by atoms with Crippen LogP contribution in [0.25, 0.3) is 10.9 Å². The maximum Gasteiger partial charge on any atom is 0.258 e. The van der Waals surface area contributed by atoms with E-state index in [1.54, 1.807) is 12.1 Å². The predicted molar refractivity (Wildman–Crippen MR) is 108 cm³/mol. The quantitative estimate of drug-likeness (QED) is 0.603. The lowest BCUT2D eigenvalue weighted by Gasteiger charge is -2.36. The highest BCUT2D eigenvalue weighted by Gasteiger charge is 2.20. The molecule has 142 valence electrons. The Morgan fingerprint density at radius 2 is 1.96 bits per heavy atom. The van der Waals surface area contributed by atoms with E-state index in [9.17, 15) is 4.79 Å². The molecule has 1 aromatic heterocycles. The summed E-state index contributed by atoms with van der Waals surface area (Å²) in [6.45, 7) is 14.4. The summed E-state index contributed by atoms with van der Waals surface area (Å²) in [4.78, 5) is 24.3. The average molecular weight is 366 g/mol. The molecule has 0 aliphatic carbocycles. The van der Waals surface area contributed by atoms with Crippen molar-refractivity contribution in [2.45, 2.75) is 13.5 Å². The van der Waals surface area contributed by atoms with Gasteiger partial charge in [0.15, 0.2) is 0 Å². The number of H-pyrrole nitrogens is 1. The number of allylic oxidation sites excluding steroid dienone is 2. The van der Waals surface area contributed by atoms with Gasteiger partial charge in [0.05, 0.1) is 29.8 Å². The fourth-order valence-corrected chi connectivity index (χ4v) is 3.35. The third-order valence-electron chi connectivity index (χ3n) is 4.68. The van der Waals surface area contributed by atoms with Gasteiger partial charge >= 0.3 is 0 Å². The lowest BCUT2D eigenvalue weighted by atomic mass is 10.2. The third kappa shape index (κ3) is 4.28. The molecule has 0 radical (unpaired) electrons. The average Bonchev–Trinajstić information content (AvgIpc) is 2.69. The first kappa shape index (κ1) is 18.9. The van der Waals surface area contributed by atoms with Crippen molar-refractivity contribution in [3.63, 3.8) is 0 Å². The van der Waals surface area contributed by atoms with Gasteiger partial charge in [0, 0.05) is 26.2 Å². The van der Waals surface area contributed by atoms with Crippen molar-refractivity contribution in [2.75, 3.05) is 32.8 Å². The van der Waals surface area contributed by atoms with Gasteiger partial charge in [0.25, 0.3) is 5.56 Å². The molecule has 0 unspecified atom stereocenters. The van der Waals surface area contributed by atoms with Crippen LogP contribution in [-0.4, -0.2) is 52.6 Å².